The lowest BCUT2D eigenvalue weighted by atomic mass is 10.1. The fraction of sp³-hybridized carbons (Fsp3) is 0.300. The van der Waals surface area contributed by atoms with Gasteiger partial charge in [-0.3, -0.25) is 0 Å². The largest absolute Gasteiger partial charge is 0.469 e. The van der Waals surface area contributed by atoms with E-state index >= 15 is 0 Å². The molecule has 0 amide bonds. The minimum Gasteiger partial charge on any atom is -0.469 e. The average Bonchev–Trinajstić information content (AvgIpc) is 2.73. The number of thiazole rings is 1. The molecular weight excluding hydrogens is 196 g/mol. The van der Waals surface area contributed by atoms with Crippen molar-refractivity contribution < 1.29 is 4.42 Å². The molecule has 0 bridgehead atoms. The van der Waals surface area contributed by atoms with Crippen molar-refractivity contribution >= 4 is 11.3 Å². The molecule has 0 aliphatic rings. The molecule has 0 aromatic carbocycles. The Hall–Kier alpha value is -1.13. The van der Waals surface area contributed by atoms with Gasteiger partial charge in [-0.2, -0.15) is 0 Å². The van der Waals surface area contributed by atoms with Crippen LogP contribution < -0.4 is 5.73 Å². The van der Waals surface area contributed by atoms with E-state index in [1.54, 1.807) is 17.6 Å². The van der Waals surface area contributed by atoms with Gasteiger partial charge in [0.05, 0.1) is 23.0 Å². The van der Waals surface area contributed by atoms with Crippen LogP contribution in [0.3, 0.4) is 0 Å². The number of rotatable bonds is 2. The summed E-state index contributed by atoms with van der Waals surface area (Å²) in [7, 11) is 0. The van der Waals surface area contributed by atoms with Gasteiger partial charge in [0.2, 0.25) is 0 Å². The molecule has 2 aromatic rings. The van der Waals surface area contributed by atoms with Gasteiger partial charge in [-0.15, -0.1) is 11.3 Å². The number of hydrogen-bond acceptors (Lipinski definition) is 4. The Bertz CT molecular complexity index is 393. The summed E-state index contributed by atoms with van der Waals surface area (Å²) in [5.74, 6) is 0.877. The molecule has 1 unspecified atom stereocenters. The van der Waals surface area contributed by atoms with Crippen LogP contribution in [0.4, 0.5) is 0 Å². The molecule has 1 atom stereocenters. The van der Waals surface area contributed by atoms with Gasteiger partial charge in [-0.1, -0.05) is 0 Å². The minimum absolute atomic E-state index is 0.169. The Morgan fingerprint density at radius 2 is 2.29 bits per heavy atom. The highest BCUT2D eigenvalue weighted by atomic mass is 32.1. The van der Waals surface area contributed by atoms with Crippen molar-refractivity contribution in [3.63, 3.8) is 0 Å². The first-order valence-corrected chi connectivity index (χ1v) is 5.27. The van der Waals surface area contributed by atoms with E-state index in [-0.39, 0.29) is 6.04 Å². The fourth-order valence-electron chi connectivity index (χ4n) is 1.32. The van der Waals surface area contributed by atoms with E-state index in [0.717, 1.165) is 22.0 Å². The molecule has 2 rings (SSSR count). The van der Waals surface area contributed by atoms with Gasteiger partial charge < -0.3 is 10.2 Å². The minimum atomic E-state index is -0.169. The first-order chi connectivity index (χ1) is 6.66. The second-order valence-corrected chi connectivity index (χ2v) is 4.32. The maximum absolute atomic E-state index is 6.03. The Balaban J connectivity index is 2.28. The third-order valence-corrected chi connectivity index (χ3v) is 2.86. The lowest BCUT2D eigenvalue weighted by Gasteiger charge is -2.04. The molecule has 0 fully saturated rings. The van der Waals surface area contributed by atoms with Gasteiger partial charge >= 0.3 is 0 Å². The summed E-state index contributed by atoms with van der Waals surface area (Å²) >= 11 is 1.61. The average molecular weight is 208 g/mol. The zero-order valence-corrected chi connectivity index (χ0v) is 8.97. The molecule has 0 saturated carbocycles. The molecule has 2 aromatic heterocycles. The predicted octanol–water partition coefficient (Wildman–Crippen LogP) is 2.40. The summed E-state index contributed by atoms with van der Waals surface area (Å²) in [6.45, 7) is 3.88. The molecule has 0 spiro atoms. The van der Waals surface area contributed by atoms with E-state index in [4.69, 9.17) is 10.2 Å². The van der Waals surface area contributed by atoms with Crippen LogP contribution in [0.5, 0.6) is 0 Å². The Morgan fingerprint density at radius 3 is 2.79 bits per heavy atom. The number of aryl methyl sites for hydroxylation is 2. The highest BCUT2D eigenvalue weighted by Gasteiger charge is 2.13. The number of nitrogens with two attached hydrogens (primary N) is 1. The standard InChI is InChI=1S/C10H12N2OS/c1-6-3-8(4-13-6)10(11)9-5-14-7(2)12-9/h3-5,10H,11H2,1-2H3. The molecule has 2 N–H and O–H groups in total. The predicted molar refractivity (Wildman–Crippen MR) is 56.3 cm³/mol. The van der Waals surface area contributed by atoms with Crippen LogP contribution in [0.25, 0.3) is 0 Å². The number of furan rings is 1. The summed E-state index contributed by atoms with van der Waals surface area (Å²) in [6, 6.07) is 1.77. The van der Waals surface area contributed by atoms with Gasteiger partial charge in [0.15, 0.2) is 0 Å². The van der Waals surface area contributed by atoms with E-state index < -0.39 is 0 Å². The summed E-state index contributed by atoms with van der Waals surface area (Å²) in [4.78, 5) is 4.35. The van der Waals surface area contributed by atoms with Gasteiger partial charge in [-0.05, 0) is 19.9 Å². The molecule has 3 nitrogen and oxygen atoms in total. The van der Waals surface area contributed by atoms with Crippen molar-refractivity contribution in [1.29, 1.82) is 0 Å². The van der Waals surface area contributed by atoms with Crippen LogP contribution in [-0.4, -0.2) is 4.98 Å². The number of aromatic nitrogens is 1. The number of nitrogens with zero attached hydrogens (tertiary/aromatic N) is 1. The molecule has 14 heavy (non-hydrogen) atoms. The van der Waals surface area contributed by atoms with E-state index in [0.29, 0.717) is 0 Å². The molecule has 0 aliphatic heterocycles. The summed E-state index contributed by atoms with van der Waals surface area (Å²) < 4.78 is 5.21. The SMILES string of the molecule is Cc1cc(C(N)c2csc(C)n2)co1. The second kappa shape index (κ2) is 3.55. The van der Waals surface area contributed by atoms with Crippen molar-refractivity contribution in [2.45, 2.75) is 19.9 Å². The topological polar surface area (TPSA) is 52.0 Å². The van der Waals surface area contributed by atoms with E-state index in [9.17, 15) is 0 Å². The zero-order chi connectivity index (χ0) is 10.1. The number of hydrogen-bond donors (Lipinski definition) is 1. The molecule has 4 heteroatoms. The summed E-state index contributed by atoms with van der Waals surface area (Å²) in [5, 5.41) is 3.03. The van der Waals surface area contributed by atoms with Crippen LogP contribution in [0.1, 0.15) is 28.1 Å². The zero-order valence-electron chi connectivity index (χ0n) is 8.15. The molecule has 2 heterocycles. The van der Waals surface area contributed by atoms with E-state index in [2.05, 4.69) is 4.98 Å². The fourth-order valence-corrected chi connectivity index (χ4v) is 1.97. The smallest absolute Gasteiger partial charge is 0.101 e. The van der Waals surface area contributed by atoms with Crippen molar-refractivity contribution in [2.24, 2.45) is 5.73 Å². The van der Waals surface area contributed by atoms with Gasteiger partial charge in [0.25, 0.3) is 0 Å². The van der Waals surface area contributed by atoms with Crippen LogP contribution >= 0.6 is 11.3 Å². The Labute approximate surface area is 86.6 Å². The highest BCUT2D eigenvalue weighted by molar-refractivity contribution is 7.09. The van der Waals surface area contributed by atoms with Crippen LogP contribution in [0.2, 0.25) is 0 Å². The van der Waals surface area contributed by atoms with Crippen LogP contribution in [0, 0.1) is 13.8 Å². The molecular formula is C10H12N2OS. The van der Waals surface area contributed by atoms with Crippen molar-refractivity contribution in [3.05, 3.63) is 39.7 Å². The molecule has 0 radical (unpaired) electrons. The lowest BCUT2D eigenvalue weighted by molar-refractivity contribution is 0.530. The normalized spacial score (nSPS) is 13.1. The first-order valence-electron chi connectivity index (χ1n) is 4.39. The van der Waals surface area contributed by atoms with Crippen LogP contribution in [-0.2, 0) is 0 Å². The van der Waals surface area contributed by atoms with Crippen molar-refractivity contribution in [3.8, 4) is 0 Å². The third-order valence-electron chi connectivity index (χ3n) is 2.07. The van der Waals surface area contributed by atoms with E-state index in [1.807, 2.05) is 25.3 Å². The summed E-state index contributed by atoms with van der Waals surface area (Å²) in [5.41, 5.74) is 7.92. The Kier molecular flexibility index (Phi) is 2.39. The maximum atomic E-state index is 6.03. The van der Waals surface area contributed by atoms with Gasteiger partial charge in [0, 0.05) is 10.9 Å². The lowest BCUT2D eigenvalue weighted by Crippen LogP contribution is -2.11. The highest BCUT2D eigenvalue weighted by Crippen LogP contribution is 2.22. The molecule has 74 valence electrons. The molecule has 0 saturated heterocycles. The quantitative estimate of drug-likeness (QED) is 0.824. The third kappa shape index (κ3) is 1.71. The maximum Gasteiger partial charge on any atom is 0.101 e. The first kappa shape index (κ1) is 9.43. The molecule has 0 aliphatic carbocycles. The van der Waals surface area contributed by atoms with Gasteiger partial charge in [0.1, 0.15) is 5.76 Å². The van der Waals surface area contributed by atoms with E-state index in [1.165, 1.54) is 0 Å². The van der Waals surface area contributed by atoms with Crippen molar-refractivity contribution in [2.75, 3.05) is 0 Å². The van der Waals surface area contributed by atoms with Crippen molar-refractivity contribution in [1.82, 2.24) is 4.98 Å². The Morgan fingerprint density at radius 1 is 1.50 bits per heavy atom. The van der Waals surface area contributed by atoms with Crippen LogP contribution in [0.15, 0.2) is 22.1 Å². The summed E-state index contributed by atoms with van der Waals surface area (Å²) in [6.07, 6.45) is 1.69. The second-order valence-electron chi connectivity index (χ2n) is 3.26. The monoisotopic (exact) mass is 208 g/mol. The van der Waals surface area contributed by atoms with Gasteiger partial charge in [-0.25, -0.2) is 4.98 Å².